The molecule has 0 radical (unpaired) electrons. The predicted octanol–water partition coefficient (Wildman–Crippen LogP) is 1.21. The van der Waals surface area contributed by atoms with Gasteiger partial charge in [0.15, 0.2) is 19.7 Å². The van der Waals surface area contributed by atoms with Crippen LogP contribution in [-0.2, 0) is 37.3 Å². The average molecular weight is 471 g/mol. The number of ether oxygens (including phenoxy) is 1. The van der Waals surface area contributed by atoms with Gasteiger partial charge in [-0.1, -0.05) is 6.07 Å². The van der Waals surface area contributed by atoms with Gasteiger partial charge in [-0.25, -0.2) is 16.8 Å². The van der Waals surface area contributed by atoms with Crippen LogP contribution >= 0.6 is 0 Å². The first-order valence-electron chi connectivity index (χ1n) is 11.2. The van der Waals surface area contributed by atoms with Gasteiger partial charge < -0.3 is 10.1 Å². The lowest BCUT2D eigenvalue weighted by atomic mass is 9.92. The quantitative estimate of drug-likeness (QED) is 0.668. The van der Waals surface area contributed by atoms with Crippen LogP contribution in [0.2, 0.25) is 0 Å². The SMILES string of the molecule is CC(C)(CN[C@H]1CS(=O)(=O)C[C@@H]1S(=O)(=O)c1ccc2c(c1)CCCC2)N1CCOCC1. The minimum absolute atomic E-state index is 0.138. The number of hydrogen-bond acceptors (Lipinski definition) is 7. The van der Waals surface area contributed by atoms with Gasteiger partial charge in [-0.3, -0.25) is 4.90 Å². The standard InChI is InChI=1S/C22H34N2O5S2/c1-22(2,24-9-11-29-12-10-24)16-23-20-14-30(25,26)15-21(20)31(27,28)19-8-7-17-5-3-4-6-18(17)13-19/h7-8,13,20-21,23H,3-6,9-12,14-16H2,1-2H3/t20-,21-/m0/s1. The third-order valence-electron chi connectivity index (χ3n) is 7.01. The molecule has 2 fully saturated rings. The molecule has 1 N–H and O–H groups in total. The van der Waals surface area contributed by atoms with Crippen molar-refractivity contribution in [1.29, 1.82) is 0 Å². The van der Waals surface area contributed by atoms with E-state index in [0.717, 1.165) is 44.3 Å². The van der Waals surface area contributed by atoms with Gasteiger partial charge in [0.2, 0.25) is 0 Å². The lowest BCUT2D eigenvalue weighted by Gasteiger charge is -2.41. The van der Waals surface area contributed by atoms with Crippen molar-refractivity contribution in [1.82, 2.24) is 10.2 Å². The van der Waals surface area contributed by atoms with Crippen LogP contribution in [0.5, 0.6) is 0 Å². The summed E-state index contributed by atoms with van der Waals surface area (Å²) < 4.78 is 57.4. The maximum atomic E-state index is 13.5. The Balaban J connectivity index is 1.54. The van der Waals surface area contributed by atoms with E-state index >= 15 is 0 Å². The van der Waals surface area contributed by atoms with Crippen LogP contribution < -0.4 is 5.32 Å². The summed E-state index contributed by atoms with van der Waals surface area (Å²) in [6.45, 7) is 7.70. The van der Waals surface area contributed by atoms with Gasteiger partial charge >= 0.3 is 0 Å². The number of sulfone groups is 2. The molecule has 2 heterocycles. The van der Waals surface area contributed by atoms with Crippen LogP contribution in [0, 0.1) is 0 Å². The van der Waals surface area contributed by atoms with Gasteiger partial charge in [0.1, 0.15) is 0 Å². The molecule has 174 valence electrons. The Hall–Kier alpha value is -1.00. The Labute approximate surface area is 186 Å². The second kappa shape index (κ2) is 8.74. The summed E-state index contributed by atoms with van der Waals surface area (Å²) in [5.41, 5.74) is 2.08. The lowest BCUT2D eigenvalue weighted by Crippen LogP contribution is -2.57. The summed E-state index contributed by atoms with van der Waals surface area (Å²) in [7, 11) is -7.18. The molecule has 2 atom stereocenters. The van der Waals surface area contributed by atoms with E-state index in [-0.39, 0.29) is 21.9 Å². The Kier molecular flexibility index (Phi) is 6.53. The number of benzene rings is 1. The minimum Gasteiger partial charge on any atom is -0.379 e. The maximum Gasteiger partial charge on any atom is 0.183 e. The third-order valence-corrected chi connectivity index (χ3v) is 11.2. The maximum absolute atomic E-state index is 13.5. The van der Waals surface area contributed by atoms with E-state index in [2.05, 4.69) is 24.1 Å². The first-order chi connectivity index (χ1) is 14.6. The van der Waals surface area contributed by atoms with Crippen molar-refractivity contribution in [2.45, 2.75) is 61.3 Å². The van der Waals surface area contributed by atoms with Crippen LogP contribution in [0.15, 0.2) is 23.1 Å². The van der Waals surface area contributed by atoms with Crippen molar-refractivity contribution < 1.29 is 21.6 Å². The van der Waals surface area contributed by atoms with E-state index in [1.807, 2.05) is 6.07 Å². The molecule has 3 aliphatic rings. The Bertz CT molecular complexity index is 1010. The molecule has 9 heteroatoms. The fraction of sp³-hybridized carbons (Fsp3) is 0.727. The van der Waals surface area contributed by atoms with E-state index < -0.39 is 31.0 Å². The molecule has 0 aromatic heterocycles. The number of nitrogens with one attached hydrogen (secondary N) is 1. The highest BCUT2D eigenvalue weighted by Crippen LogP contribution is 2.30. The van der Waals surface area contributed by atoms with Crippen molar-refractivity contribution >= 4 is 19.7 Å². The molecule has 7 nitrogen and oxygen atoms in total. The second-order valence-corrected chi connectivity index (χ2v) is 14.0. The first-order valence-corrected chi connectivity index (χ1v) is 14.6. The van der Waals surface area contributed by atoms with Crippen LogP contribution in [0.4, 0.5) is 0 Å². The van der Waals surface area contributed by atoms with Gasteiger partial charge in [0.05, 0.1) is 34.9 Å². The monoisotopic (exact) mass is 470 g/mol. The summed E-state index contributed by atoms with van der Waals surface area (Å²) in [6, 6.07) is 4.75. The minimum atomic E-state index is -3.76. The number of rotatable bonds is 6. The first kappa shape index (κ1) is 23.2. The van der Waals surface area contributed by atoms with Crippen molar-refractivity contribution in [3.05, 3.63) is 29.3 Å². The van der Waals surface area contributed by atoms with Gasteiger partial charge in [-0.05, 0) is 62.8 Å². The Morgan fingerprint density at radius 3 is 2.48 bits per heavy atom. The Morgan fingerprint density at radius 1 is 1.10 bits per heavy atom. The molecule has 0 amide bonds. The molecule has 2 saturated heterocycles. The lowest BCUT2D eigenvalue weighted by molar-refractivity contribution is -0.0101. The molecule has 0 bridgehead atoms. The van der Waals surface area contributed by atoms with Gasteiger partial charge in [-0.15, -0.1) is 0 Å². The number of fused-ring (bicyclic) bond motifs is 1. The smallest absolute Gasteiger partial charge is 0.183 e. The molecule has 1 aromatic carbocycles. The van der Waals surface area contributed by atoms with Crippen molar-refractivity contribution in [3.8, 4) is 0 Å². The fourth-order valence-corrected chi connectivity index (χ4v) is 9.80. The van der Waals surface area contributed by atoms with E-state index in [0.29, 0.717) is 19.8 Å². The van der Waals surface area contributed by atoms with E-state index in [1.165, 1.54) is 5.56 Å². The van der Waals surface area contributed by atoms with Crippen LogP contribution in [0.1, 0.15) is 37.8 Å². The predicted molar refractivity (Wildman–Crippen MR) is 121 cm³/mol. The highest BCUT2D eigenvalue weighted by atomic mass is 32.2. The van der Waals surface area contributed by atoms with Crippen LogP contribution in [0.25, 0.3) is 0 Å². The number of hydrogen-bond donors (Lipinski definition) is 1. The molecule has 1 aliphatic carbocycles. The van der Waals surface area contributed by atoms with Crippen molar-refractivity contribution in [2.24, 2.45) is 0 Å². The molecule has 0 saturated carbocycles. The summed E-state index contributed by atoms with van der Waals surface area (Å²) in [6.07, 6.45) is 4.06. The van der Waals surface area contributed by atoms with Gasteiger partial charge in [0.25, 0.3) is 0 Å². The highest BCUT2D eigenvalue weighted by molar-refractivity contribution is 7.96. The van der Waals surface area contributed by atoms with Crippen LogP contribution in [-0.4, -0.2) is 82.9 Å². The molecule has 31 heavy (non-hydrogen) atoms. The zero-order chi connectivity index (χ0) is 22.3. The summed E-state index contributed by atoms with van der Waals surface area (Å²) in [5, 5.41) is 2.36. The van der Waals surface area contributed by atoms with E-state index in [4.69, 9.17) is 4.74 Å². The molecule has 0 unspecified atom stereocenters. The summed E-state index contributed by atoms with van der Waals surface area (Å²) in [5.74, 6) is -0.455. The van der Waals surface area contributed by atoms with Crippen LogP contribution in [0.3, 0.4) is 0 Å². The molecular formula is C22H34N2O5S2. The van der Waals surface area contributed by atoms with E-state index in [1.54, 1.807) is 12.1 Å². The normalized spacial score (nSPS) is 27.2. The van der Waals surface area contributed by atoms with Crippen molar-refractivity contribution in [2.75, 3.05) is 44.4 Å². The zero-order valence-electron chi connectivity index (χ0n) is 18.5. The molecule has 4 rings (SSSR count). The fourth-order valence-electron chi connectivity index (χ4n) is 5.03. The Morgan fingerprint density at radius 2 is 1.77 bits per heavy atom. The van der Waals surface area contributed by atoms with E-state index in [9.17, 15) is 16.8 Å². The number of morpholine rings is 1. The summed E-state index contributed by atoms with van der Waals surface area (Å²) in [4.78, 5) is 2.56. The topological polar surface area (TPSA) is 92.8 Å². The van der Waals surface area contributed by atoms with Gasteiger partial charge in [0, 0.05) is 31.2 Å². The number of aryl methyl sites for hydroxylation is 2. The molecule has 1 aromatic rings. The molecule has 2 aliphatic heterocycles. The number of nitrogens with zero attached hydrogens (tertiary/aromatic N) is 1. The molecule has 0 spiro atoms. The largest absolute Gasteiger partial charge is 0.379 e. The highest BCUT2D eigenvalue weighted by Gasteiger charge is 2.46. The third kappa shape index (κ3) is 5.00. The average Bonchev–Trinajstić information content (AvgIpc) is 3.08. The molecular weight excluding hydrogens is 436 g/mol. The van der Waals surface area contributed by atoms with Crippen molar-refractivity contribution in [3.63, 3.8) is 0 Å². The zero-order valence-corrected chi connectivity index (χ0v) is 20.1. The van der Waals surface area contributed by atoms with Gasteiger partial charge in [-0.2, -0.15) is 0 Å². The summed E-state index contributed by atoms with van der Waals surface area (Å²) >= 11 is 0. The second-order valence-electron chi connectivity index (χ2n) is 9.70.